The lowest BCUT2D eigenvalue weighted by Gasteiger charge is -2.25. The van der Waals surface area contributed by atoms with Crippen molar-refractivity contribution >= 4 is 11.7 Å². The third-order valence-corrected chi connectivity index (χ3v) is 3.54. The largest absolute Gasteiger partial charge is 0.493 e. The molecule has 2 N–H and O–H groups in total. The Bertz CT molecular complexity index is 613. The first-order chi connectivity index (χ1) is 10.3. The van der Waals surface area contributed by atoms with E-state index in [0.717, 1.165) is 17.9 Å². The number of carbonyl (C=O) groups excluding carboxylic acids is 1. The van der Waals surface area contributed by atoms with Crippen molar-refractivity contribution in [2.75, 3.05) is 18.5 Å². The Balaban J connectivity index is 1.49. The van der Waals surface area contributed by atoms with Crippen molar-refractivity contribution in [3.8, 4) is 5.75 Å². The van der Waals surface area contributed by atoms with Gasteiger partial charge in [-0.25, -0.2) is 4.79 Å². The van der Waals surface area contributed by atoms with Crippen molar-refractivity contribution in [2.45, 2.75) is 6.42 Å². The minimum absolute atomic E-state index is 0.181. The topological polar surface area (TPSA) is 50.4 Å². The van der Waals surface area contributed by atoms with E-state index in [1.54, 1.807) is 0 Å². The summed E-state index contributed by atoms with van der Waals surface area (Å²) in [6, 6.07) is 17.3. The minimum atomic E-state index is -0.181. The second-order valence-electron chi connectivity index (χ2n) is 5.19. The van der Waals surface area contributed by atoms with Crippen molar-refractivity contribution in [1.29, 1.82) is 0 Å². The summed E-state index contributed by atoms with van der Waals surface area (Å²) >= 11 is 0. The van der Waals surface area contributed by atoms with Crippen LogP contribution in [0.1, 0.15) is 5.56 Å². The smallest absolute Gasteiger partial charge is 0.319 e. The highest BCUT2D eigenvalue weighted by atomic mass is 16.5. The number of nitrogens with one attached hydrogen (secondary N) is 2. The molecule has 21 heavy (non-hydrogen) atoms. The number of carbonyl (C=O) groups is 1. The first-order valence-electron chi connectivity index (χ1n) is 7.12. The van der Waals surface area contributed by atoms with Crippen LogP contribution >= 0.6 is 0 Å². The molecule has 0 aliphatic carbocycles. The maximum atomic E-state index is 11.8. The van der Waals surface area contributed by atoms with E-state index in [0.29, 0.717) is 19.1 Å². The van der Waals surface area contributed by atoms with E-state index in [4.69, 9.17) is 4.74 Å². The van der Waals surface area contributed by atoms with Gasteiger partial charge < -0.3 is 15.4 Å². The van der Waals surface area contributed by atoms with Crippen LogP contribution in [0.5, 0.6) is 5.75 Å². The van der Waals surface area contributed by atoms with E-state index in [1.807, 2.05) is 48.5 Å². The number of para-hydroxylation sites is 2. The molecule has 0 aromatic heterocycles. The molecule has 0 radical (unpaired) electrons. The average Bonchev–Trinajstić information content (AvgIpc) is 2.54. The number of amides is 2. The van der Waals surface area contributed by atoms with Gasteiger partial charge in [0.05, 0.1) is 6.61 Å². The van der Waals surface area contributed by atoms with Gasteiger partial charge in [-0.2, -0.15) is 0 Å². The molecule has 1 atom stereocenters. The van der Waals surface area contributed by atoms with Crippen LogP contribution in [-0.4, -0.2) is 19.2 Å². The average molecular weight is 282 g/mol. The zero-order valence-corrected chi connectivity index (χ0v) is 11.7. The molecular weight excluding hydrogens is 264 g/mol. The van der Waals surface area contributed by atoms with Gasteiger partial charge in [0.1, 0.15) is 5.75 Å². The van der Waals surface area contributed by atoms with Gasteiger partial charge in [0.2, 0.25) is 0 Å². The van der Waals surface area contributed by atoms with Crippen LogP contribution < -0.4 is 15.4 Å². The summed E-state index contributed by atoms with van der Waals surface area (Å²) < 4.78 is 5.71. The maximum Gasteiger partial charge on any atom is 0.319 e. The molecule has 1 unspecified atom stereocenters. The van der Waals surface area contributed by atoms with Gasteiger partial charge in [-0.15, -0.1) is 0 Å². The molecule has 0 fully saturated rings. The van der Waals surface area contributed by atoms with Gasteiger partial charge in [-0.1, -0.05) is 36.4 Å². The molecule has 1 aliphatic rings. The summed E-state index contributed by atoms with van der Waals surface area (Å²) in [5.74, 6) is 1.27. The van der Waals surface area contributed by atoms with Crippen molar-refractivity contribution in [1.82, 2.24) is 5.32 Å². The number of rotatable bonds is 3. The standard InChI is InChI=1S/C17H18N2O2/c20-17(19-15-7-2-1-3-8-15)18-11-13-10-14-6-4-5-9-16(14)21-12-13/h1-9,13H,10-12H2,(H2,18,19,20). The van der Waals surface area contributed by atoms with Gasteiger partial charge in [-0.05, 0) is 30.2 Å². The first-order valence-corrected chi connectivity index (χ1v) is 7.12. The van der Waals surface area contributed by atoms with Gasteiger partial charge in [0.15, 0.2) is 0 Å². The van der Waals surface area contributed by atoms with Crippen LogP contribution in [0.4, 0.5) is 10.5 Å². The molecule has 0 spiro atoms. The van der Waals surface area contributed by atoms with Crippen LogP contribution in [0.2, 0.25) is 0 Å². The summed E-state index contributed by atoms with van der Waals surface area (Å²) in [5, 5.41) is 5.71. The molecule has 4 heteroatoms. The summed E-state index contributed by atoms with van der Waals surface area (Å²) in [6.07, 6.45) is 0.932. The van der Waals surface area contributed by atoms with E-state index < -0.39 is 0 Å². The number of fused-ring (bicyclic) bond motifs is 1. The Morgan fingerprint density at radius 3 is 2.71 bits per heavy atom. The number of urea groups is 1. The highest BCUT2D eigenvalue weighted by Gasteiger charge is 2.19. The lowest BCUT2D eigenvalue weighted by Crippen LogP contribution is -2.37. The molecule has 3 rings (SSSR count). The Morgan fingerprint density at radius 1 is 1.10 bits per heavy atom. The molecule has 0 bridgehead atoms. The molecule has 1 heterocycles. The molecule has 4 nitrogen and oxygen atoms in total. The summed E-state index contributed by atoms with van der Waals surface area (Å²) in [7, 11) is 0. The Hall–Kier alpha value is -2.49. The van der Waals surface area contributed by atoms with Gasteiger partial charge in [0.25, 0.3) is 0 Å². The van der Waals surface area contributed by atoms with Crippen LogP contribution in [0.15, 0.2) is 54.6 Å². The highest BCUT2D eigenvalue weighted by molar-refractivity contribution is 5.89. The van der Waals surface area contributed by atoms with E-state index in [9.17, 15) is 4.79 Å². The van der Waals surface area contributed by atoms with E-state index in [1.165, 1.54) is 5.56 Å². The third kappa shape index (κ3) is 3.54. The second kappa shape index (κ2) is 6.31. The highest BCUT2D eigenvalue weighted by Crippen LogP contribution is 2.26. The van der Waals surface area contributed by atoms with E-state index >= 15 is 0 Å². The SMILES string of the molecule is O=C(NCC1COc2ccccc2C1)Nc1ccccc1. The minimum Gasteiger partial charge on any atom is -0.493 e. The van der Waals surface area contributed by atoms with Crippen LogP contribution in [0, 0.1) is 5.92 Å². The van der Waals surface area contributed by atoms with Crippen LogP contribution in [0.3, 0.4) is 0 Å². The quantitative estimate of drug-likeness (QED) is 0.909. The van der Waals surface area contributed by atoms with E-state index in [2.05, 4.69) is 16.7 Å². The van der Waals surface area contributed by atoms with Crippen molar-refractivity contribution < 1.29 is 9.53 Å². The monoisotopic (exact) mass is 282 g/mol. The molecular formula is C17H18N2O2. The second-order valence-corrected chi connectivity index (χ2v) is 5.19. The zero-order valence-electron chi connectivity index (χ0n) is 11.7. The molecule has 2 amide bonds. The van der Waals surface area contributed by atoms with Crippen molar-refractivity contribution in [3.63, 3.8) is 0 Å². The van der Waals surface area contributed by atoms with Gasteiger partial charge >= 0.3 is 6.03 Å². The fraction of sp³-hybridized carbons (Fsp3) is 0.235. The number of anilines is 1. The number of ether oxygens (including phenoxy) is 1. The molecule has 1 aliphatic heterocycles. The molecule has 0 saturated carbocycles. The predicted octanol–water partition coefficient (Wildman–Crippen LogP) is 3.06. The van der Waals surface area contributed by atoms with Crippen LogP contribution in [-0.2, 0) is 6.42 Å². The molecule has 2 aromatic carbocycles. The first kappa shape index (κ1) is 13.5. The fourth-order valence-corrected chi connectivity index (χ4v) is 2.46. The van der Waals surface area contributed by atoms with Gasteiger partial charge in [0, 0.05) is 18.2 Å². The number of benzene rings is 2. The van der Waals surface area contributed by atoms with E-state index in [-0.39, 0.29) is 6.03 Å². The Labute approximate surface area is 124 Å². The molecule has 108 valence electrons. The normalized spacial score (nSPS) is 16.5. The predicted molar refractivity (Wildman–Crippen MR) is 82.6 cm³/mol. The van der Waals surface area contributed by atoms with Crippen molar-refractivity contribution in [3.05, 3.63) is 60.2 Å². The lowest BCUT2D eigenvalue weighted by atomic mass is 9.97. The summed E-state index contributed by atoms with van der Waals surface area (Å²) in [4.78, 5) is 11.8. The third-order valence-electron chi connectivity index (χ3n) is 3.54. The molecule has 0 saturated heterocycles. The maximum absolute atomic E-state index is 11.8. The fourth-order valence-electron chi connectivity index (χ4n) is 2.46. The summed E-state index contributed by atoms with van der Waals surface area (Å²) in [5.41, 5.74) is 2.00. The Kier molecular flexibility index (Phi) is 4.05. The number of hydrogen-bond acceptors (Lipinski definition) is 2. The summed E-state index contributed by atoms with van der Waals surface area (Å²) in [6.45, 7) is 1.25. The van der Waals surface area contributed by atoms with Crippen LogP contribution in [0.25, 0.3) is 0 Å². The molecule has 2 aromatic rings. The lowest BCUT2D eigenvalue weighted by molar-refractivity contribution is 0.215. The van der Waals surface area contributed by atoms with Crippen molar-refractivity contribution in [2.24, 2.45) is 5.92 Å². The Morgan fingerprint density at radius 2 is 1.86 bits per heavy atom. The van der Waals surface area contributed by atoms with Gasteiger partial charge in [-0.3, -0.25) is 0 Å². The zero-order chi connectivity index (χ0) is 14.5. The number of hydrogen-bond donors (Lipinski definition) is 2.